The van der Waals surface area contributed by atoms with Gasteiger partial charge in [-0.05, 0) is 24.3 Å². The van der Waals surface area contributed by atoms with Crippen LogP contribution in [0.1, 0.15) is 10.4 Å². The van der Waals surface area contributed by atoms with E-state index in [-0.39, 0.29) is 5.91 Å². The number of rotatable bonds is 5. The van der Waals surface area contributed by atoms with E-state index in [0.29, 0.717) is 24.6 Å². The molecule has 0 bridgehead atoms. The van der Waals surface area contributed by atoms with Crippen molar-refractivity contribution in [2.24, 2.45) is 0 Å². The van der Waals surface area contributed by atoms with Crippen molar-refractivity contribution in [3.05, 3.63) is 66.6 Å². The molecule has 0 atom stereocenters. The maximum atomic E-state index is 13.0. The van der Waals surface area contributed by atoms with Gasteiger partial charge in [0.05, 0.1) is 31.2 Å². The normalized spacial score (nSPS) is 16.5. The van der Waals surface area contributed by atoms with Crippen LogP contribution in [-0.4, -0.2) is 73.3 Å². The number of amides is 1. The maximum Gasteiger partial charge on any atom is 0.258 e. The van der Waals surface area contributed by atoms with Gasteiger partial charge in [0.15, 0.2) is 5.82 Å². The summed E-state index contributed by atoms with van der Waals surface area (Å²) < 4.78 is 5.44. The molecule has 0 unspecified atom stereocenters. The predicted octanol–water partition coefficient (Wildman–Crippen LogP) is 2.29. The van der Waals surface area contributed by atoms with Gasteiger partial charge in [-0.3, -0.25) is 4.79 Å². The van der Waals surface area contributed by atoms with E-state index in [0.717, 1.165) is 56.6 Å². The quantitative estimate of drug-likeness (QED) is 0.640. The first-order chi connectivity index (χ1) is 16.3. The Bertz CT molecular complexity index is 1060. The fourth-order valence-electron chi connectivity index (χ4n) is 4.18. The molecule has 2 aliphatic heterocycles. The zero-order valence-electron chi connectivity index (χ0n) is 18.4. The molecule has 9 nitrogen and oxygen atoms in total. The Balaban J connectivity index is 1.21. The van der Waals surface area contributed by atoms with Crippen molar-refractivity contribution < 1.29 is 9.53 Å². The SMILES string of the molecule is O=C(Nc1cnc(N2CCN(c3ccccn3)CC2)cn1)c1ccccc1N1CCOCC1. The van der Waals surface area contributed by atoms with Gasteiger partial charge in [-0.1, -0.05) is 18.2 Å². The summed E-state index contributed by atoms with van der Waals surface area (Å²) in [5, 5.41) is 2.89. The van der Waals surface area contributed by atoms with Crippen LogP contribution in [0.5, 0.6) is 0 Å². The number of ether oxygens (including phenoxy) is 1. The lowest BCUT2D eigenvalue weighted by Crippen LogP contribution is -2.47. The van der Waals surface area contributed by atoms with Gasteiger partial charge in [0, 0.05) is 51.2 Å². The fraction of sp³-hybridized carbons (Fsp3) is 0.333. The van der Waals surface area contributed by atoms with Gasteiger partial charge in [-0.2, -0.15) is 0 Å². The van der Waals surface area contributed by atoms with E-state index >= 15 is 0 Å². The van der Waals surface area contributed by atoms with Crippen LogP contribution in [0, 0.1) is 0 Å². The van der Waals surface area contributed by atoms with Crippen LogP contribution in [0.25, 0.3) is 0 Å². The summed E-state index contributed by atoms with van der Waals surface area (Å²) in [7, 11) is 0. The number of pyridine rings is 1. The number of hydrogen-bond donors (Lipinski definition) is 1. The molecule has 1 amide bonds. The number of aromatic nitrogens is 3. The summed E-state index contributed by atoms with van der Waals surface area (Å²) in [6.45, 7) is 6.29. The molecular formula is C24H27N7O2. The summed E-state index contributed by atoms with van der Waals surface area (Å²) in [5.41, 5.74) is 1.53. The van der Waals surface area contributed by atoms with Crippen molar-refractivity contribution >= 4 is 29.0 Å². The predicted molar refractivity (Wildman–Crippen MR) is 128 cm³/mol. The van der Waals surface area contributed by atoms with Gasteiger partial charge >= 0.3 is 0 Å². The number of benzene rings is 1. The average molecular weight is 446 g/mol. The molecule has 3 aromatic rings. The number of morpholine rings is 1. The largest absolute Gasteiger partial charge is 0.378 e. The lowest BCUT2D eigenvalue weighted by molar-refractivity contribution is 0.102. The third kappa shape index (κ3) is 4.88. The summed E-state index contributed by atoms with van der Waals surface area (Å²) in [5.74, 6) is 2.05. The summed E-state index contributed by atoms with van der Waals surface area (Å²) in [6, 6.07) is 13.6. The van der Waals surface area contributed by atoms with E-state index in [9.17, 15) is 4.79 Å². The molecule has 0 radical (unpaired) electrons. The van der Waals surface area contributed by atoms with Crippen LogP contribution < -0.4 is 20.0 Å². The van der Waals surface area contributed by atoms with Crippen molar-refractivity contribution in [1.29, 1.82) is 0 Å². The zero-order chi connectivity index (χ0) is 22.5. The molecule has 1 N–H and O–H groups in total. The van der Waals surface area contributed by atoms with E-state index < -0.39 is 0 Å². The number of para-hydroxylation sites is 1. The van der Waals surface area contributed by atoms with Crippen LogP contribution in [0.2, 0.25) is 0 Å². The van der Waals surface area contributed by atoms with Gasteiger partial charge < -0.3 is 24.8 Å². The molecule has 2 fully saturated rings. The van der Waals surface area contributed by atoms with Crippen molar-refractivity contribution in [3.8, 4) is 0 Å². The number of anilines is 4. The van der Waals surface area contributed by atoms with Crippen LogP contribution in [0.4, 0.5) is 23.1 Å². The molecule has 0 spiro atoms. The van der Waals surface area contributed by atoms with Gasteiger partial charge in [0.1, 0.15) is 11.6 Å². The van der Waals surface area contributed by atoms with Gasteiger partial charge in [-0.15, -0.1) is 0 Å². The highest BCUT2D eigenvalue weighted by atomic mass is 16.5. The molecule has 0 saturated carbocycles. The van der Waals surface area contributed by atoms with Gasteiger partial charge in [0.25, 0.3) is 5.91 Å². The van der Waals surface area contributed by atoms with Crippen molar-refractivity contribution in [2.75, 3.05) is 72.5 Å². The van der Waals surface area contributed by atoms with E-state index in [4.69, 9.17) is 4.74 Å². The first kappa shape index (κ1) is 21.1. The topological polar surface area (TPSA) is 86.7 Å². The van der Waals surface area contributed by atoms with E-state index in [1.807, 2.05) is 48.7 Å². The Morgan fingerprint density at radius 2 is 1.48 bits per heavy atom. The molecule has 33 heavy (non-hydrogen) atoms. The fourth-order valence-corrected chi connectivity index (χ4v) is 4.18. The molecule has 1 aromatic carbocycles. The van der Waals surface area contributed by atoms with Gasteiger partial charge in [-0.25, -0.2) is 15.0 Å². The molecule has 2 aromatic heterocycles. The molecule has 2 saturated heterocycles. The third-order valence-corrected chi connectivity index (χ3v) is 5.96. The third-order valence-electron chi connectivity index (χ3n) is 5.96. The Hall–Kier alpha value is -3.72. The van der Waals surface area contributed by atoms with E-state index in [2.05, 4.69) is 35.0 Å². The molecule has 170 valence electrons. The molecular weight excluding hydrogens is 418 g/mol. The summed E-state index contributed by atoms with van der Waals surface area (Å²) in [4.78, 5) is 33.0. The summed E-state index contributed by atoms with van der Waals surface area (Å²) >= 11 is 0. The Morgan fingerprint density at radius 1 is 0.758 bits per heavy atom. The van der Waals surface area contributed by atoms with Crippen LogP contribution in [0.3, 0.4) is 0 Å². The second kappa shape index (κ2) is 9.83. The highest BCUT2D eigenvalue weighted by Crippen LogP contribution is 2.23. The van der Waals surface area contributed by atoms with Crippen molar-refractivity contribution in [2.45, 2.75) is 0 Å². The maximum absolute atomic E-state index is 13.0. The number of carbonyl (C=O) groups excluding carboxylic acids is 1. The first-order valence-corrected chi connectivity index (χ1v) is 11.2. The molecule has 4 heterocycles. The highest BCUT2D eigenvalue weighted by molar-refractivity contribution is 6.07. The molecule has 9 heteroatoms. The lowest BCUT2D eigenvalue weighted by Gasteiger charge is -2.35. The number of nitrogens with one attached hydrogen (secondary N) is 1. The van der Waals surface area contributed by atoms with Crippen molar-refractivity contribution in [1.82, 2.24) is 15.0 Å². The second-order valence-electron chi connectivity index (χ2n) is 7.99. The number of nitrogens with zero attached hydrogens (tertiary/aromatic N) is 6. The van der Waals surface area contributed by atoms with Crippen LogP contribution >= 0.6 is 0 Å². The monoisotopic (exact) mass is 445 g/mol. The van der Waals surface area contributed by atoms with E-state index in [1.165, 1.54) is 0 Å². The Kier molecular flexibility index (Phi) is 6.30. The summed E-state index contributed by atoms with van der Waals surface area (Å²) in [6.07, 6.45) is 5.16. The van der Waals surface area contributed by atoms with Crippen LogP contribution in [0.15, 0.2) is 61.1 Å². The minimum absolute atomic E-state index is 0.192. The van der Waals surface area contributed by atoms with Gasteiger partial charge in [0.2, 0.25) is 0 Å². The smallest absolute Gasteiger partial charge is 0.258 e. The average Bonchev–Trinajstić information content (AvgIpc) is 2.90. The number of piperazine rings is 1. The number of hydrogen-bond acceptors (Lipinski definition) is 8. The van der Waals surface area contributed by atoms with Crippen LogP contribution in [-0.2, 0) is 4.74 Å². The molecule has 0 aliphatic carbocycles. The molecule has 2 aliphatic rings. The number of carbonyl (C=O) groups is 1. The minimum atomic E-state index is -0.192. The van der Waals surface area contributed by atoms with Crippen molar-refractivity contribution in [3.63, 3.8) is 0 Å². The Morgan fingerprint density at radius 3 is 2.18 bits per heavy atom. The molecule has 5 rings (SSSR count). The lowest BCUT2D eigenvalue weighted by atomic mass is 10.1. The second-order valence-corrected chi connectivity index (χ2v) is 7.99. The zero-order valence-corrected chi connectivity index (χ0v) is 18.4. The minimum Gasteiger partial charge on any atom is -0.378 e. The van der Waals surface area contributed by atoms with E-state index in [1.54, 1.807) is 12.4 Å². The Labute approximate surface area is 193 Å². The highest BCUT2D eigenvalue weighted by Gasteiger charge is 2.21. The standard InChI is InChI=1S/C24H27N7O2/c32-24(19-5-1-2-6-20(19)29-13-15-33-16-14-29)28-21-17-27-23(18-26-21)31-11-9-30(10-12-31)22-7-3-4-8-25-22/h1-8,17-18H,9-16H2,(H,26,28,32). The first-order valence-electron chi connectivity index (χ1n) is 11.2.